The normalized spacial score (nSPS) is 10.8. The Morgan fingerprint density at radius 1 is 1.13 bits per heavy atom. The van der Waals surface area contributed by atoms with E-state index >= 15 is 0 Å². The van der Waals surface area contributed by atoms with Gasteiger partial charge in [0, 0.05) is 18.2 Å². The molecule has 7 nitrogen and oxygen atoms in total. The summed E-state index contributed by atoms with van der Waals surface area (Å²) in [5.41, 5.74) is 4.34. The number of ketones is 1. The highest BCUT2D eigenvalue weighted by Gasteiger charge is 2.28. The van der Waals surface area contributed by atoms with E-state index < -0.39 is 4.92 Å². The molecule has 0 aliphatic rings. The highest BCUT2D eigenvalue weighted by Crippen LogP contribution is 2.35. The first-order valence-electron chi connectivity index (χ1n) is 10.8. The Morgan fingerprint density at radius 3 is 2.35 bits per heavy atom. The van der Waals surface area contributed by atoms with Crippen molar-refractivity contribution in [2.24, 2.45) is 0 Å². The third-order valence-electron chi connectivity index (χ3n) is 5.48. The van der Waals surface area contributed by atoms with Gasteiger partial charge in [-0.25, -0.2) is 4.68 Å². The number of carbonyl (C=O) groups excluding carboxylic acids is 1. The van der Waals surface area contributed by atoms with Gasteiger partial charge < -0.3 is 4.74 Å². The van der Waals surface area contributed by atoms with E-state index in [2.05, 4.69) is 12.0 Å². The van der Waals surface area contributed by atoms with E-state index in [0.29, 0.717) is 47.0 Å². The molecule has 0 fully saturated rings. The van der Waals surface area contributed by atoms with E-state index in [-0.39, 0.29) is 11.5 Å². The summed E-state index contributed by atoms with van der Waals surface area (Å²) in [5, 5.41) is 16.2. The lowest BCUT2D eigenvalue weighted by atomic mass is 9.90. The molecule has 1 heterocycles. The molecular formula is C24H33N3O4. The molecule has 7 heteroatoms. The number of carbonyl (C=O) groups is 1. The van der Waals surface area contributed by atoms with E-state index in [1.165, 1.54) is 6.07 Å². The van der Waals surface area contributed by atoms with Gasteiger partial charge in [0.1, 0.15) is 5.56 Å². The van der Waals surface area contributed by atoms with Crippen LogP contribution >= 0.6 is 0 Å². The zero-order valence-corrected chi connectivity index (χ0v) is 19.7. The third-order valence-corrected chi connectivity index (χ3v) is 5.48. The van der Waals surface area contributed by atoms with Crippen molar-refractivity contribution in [2.45, 2.75) is 74.3 Å². The van der Waals surface area contributed by atoms with Crippen molar-refractivity contribution in [3.63, 3.8) is 0 Å². The summed E-state index contributed by atoms with van der Waals surface area (Å²) in [4.78, 5) is 24.9. The monoisotopic (exact) mass is 427 g/mol. The van der Waals surface area contributed by atoms with Gasteiger partial charge in [-0.2, -0.15) is 5.10 Å². The van der Waals surface area contributed by atoms with E-state index in [4.69, 9.17) is 4.74 Å². The maximum Gasteiger partial charge on any atom is 0.277 e. The van der Waals surface area contributed by atoms with Crippen LogP contribution in [0.2, 0.25) is 0 Å². The van der Waals surface area contributed by atoms with Crippen LogP contribution < -0.4 is 4.74 Å². The average Bonchev–Trinajstić information content (AvgIpc) is 3.03. The second-order valence-corrected chi connectivity index (χ2v) is 8.03. The van der Waals surface area contributed by atoms with Crippen LogP contribution in [0.4, 0.5) is 5.69 Å². The first-order valence-corrected chi connectivity index (χ1v) is 10.8. The molecule has 31 heavy (non-hydrogen) atoms. The number of nitro benzene ring substituents is 1. The summed E-state index contributed by atoms with van der Waals surface area (Å²) in [5.74, 6) is 0.262. The number of benzene rings is 1. The number of rotatable bonds is 10. The average molecular weight is 428 g/mol. The fourth-order valence-corrected chi connectivity index (χ4v) is 3.58. The van der Waals surface area contributed by atoms with E-state index in [0.717, 1.165) is 30.4 Å². The highest BCUT2D eigenvalue weighted by atomic mass is 16.6. The molecule has 0 bridgehead atoms. The van der Waals surface area contributed by atoms with E-state index in [9.17, 15) is 14.9 Å². The highest BCUT2D eigenvalue weighted by molar-refractivity contribution is 6.12. The molecule has 0 aliphatic heterocycles. The van der Waals surface area contributed by atoms with Gasteiger partial charge in [-0.3, -0.25) is 14.9 Å². The first kappa shape index (κ1) is 24.3. The number of unbranched alkanes of at least 4 members (excludes halogenated alkanes) is 1. The molecule has 168 valence electrons. The number of nitro groups is 1. The van der Waals surface area contributed by atoms with Crippen molar-refractivity contribution in [1.82, 2.24) is 9.78 Å². The van der Waals surface area contributed by atoms with Crippen LogP contribution in [0.15, 0.2) is 17.7 Å². The molecule has 0 unspecified atom stereocenters. The van der Waals surface area contributed by atoms with E-state index in [1.807, 2.05) is 27.7 Å². The van der Waals surface area contributed by atoms with Crippen LogP contribution in [-0.4, -0.2) is 27.1 Å². The molecule has 0 atom stereocenters. The quantitative estimate of drug-likeness (QED) is 0.262. The van der Waals surface area contributed by atoms with Crippen LogP contribution in [0.25, 0.3) is 5.57 Å². The number of aromatic nitrogens is 2. The molecule has 1 aromatic heterocycles. The minimum absolute atomic E-state index is 0.00516. The van der Waals surface area contributed by atoms with Crippen molar-refractivity contribution in [1.29, 1.82) is 0 Å². The number of nitrogens with zero attached hydrogens (tertiary/aromatic N) is 3. The van der Waals surface area contributed by atoms with Crippen molar-refractivity contribution in [2.75, 3.05) is 6.61 Å². The topological polar surface area (TPSA) is 87.3 Å². The van der Waals surface area contributed by atoms with Gasteiger partial charge >= 0.3 is 0 Å². The lowest BCUT2D eigenvalue weighted by Crippen LogP contribution is -2.12. The SMILES string of the molecule is CCCCn1nc(C)c(C(=O)c2ccc([N+](=O)[O-])c(C(C)=C(C)C)c2C)c1OCCC. The number of allylic oxidation sites excluding steroid dienone is 2. The summed E-state index contributed by atoms with van der Waals surface area (Å²) in [7, 11) is 0. The Bertz CT molecular complexity index is 1010. The molecule has 0 amide bonds. The van der Waals surface area contributed by atoms with Crippen LogP contribution in [0.1, 0.15) is 86.6 Å². The molecule has 0 saturated carbocycles. The minimum Gasteiger partial charge on any atom is -0.477 e. The summed E-state index contributed by atoms with van der Waals surface area (Å²) in [6.45, 7) is 14.5. The molecule has 0 aliphatic carbocycles. The summed E-state index contributed by atoms with van der Waals surface area (Å²) in [6.07, 6.45) is 2.74. The van der Waals surface area contributed by atoms with Crippen molar-refractivity contribution < 1.29 is 14.5 Å². The third kappa shape index (κ3) is 5.03. The Balaban J connectivity index is 2.69. The standard InChI is InChI=1S/C24H33N3O4/c1-8-10-13-26-24(31-14-9-2)22(18(7)25-26)23(28)19-11-12-20(27(29)30)21(17(19)6)16(5)15(3)4/h11-12H,8-10,13-14H2,1-7H3. The molecule has 2 aromatic rings. The van der Waals surface area contributed by atoms with Gasteiger partial charge in [0.2, 0.25) is 11.7 Å². The molecule has 1 aromatic carbocycles. The number of aryl methyl sites for hydroxylation is 2. The number of hydrogen-bond donors (Lipinski definition) is 0. The van der Waals surface area contributed by atoms with Crippen molar-refractivity contribution in [3.05, 3.63) is 55.8 Å². The second kappa shape index (κ2) is 10.4. The van der Waals surface area contributed by atoms with Crippen LogP contribution in [0.5, 0.6) is 5.88 Å². The lowest BCUT2D eigenvalue weighted by Gasteiger charge is -2.14. The summed E-state index contributed by atoms with van der Waals surface area (Å²) < 4.78 is 7.73. The van der Waals surface area contributed by atoms with Crippen molar-refractivity contribution in [3.8, 4) is 5.88 Å². The van der Waals surface area contributed by atoms with Gasteiger partial charge in [-0.15, -0.1) is 0 Å². The zero-order chi connectivity index (χ0) is 23.3. The summed E-state index contributed by atoms with van der Waals surface area (Å²) >= 11 is 0. The first-order chi connectivity index (χ1) is 14.6. The minimum atomic E-state index is -0.396. The zero-order valence-electron chi connectivity index (χ0n) is 19.7. The number of hydrogen-bond acceptors (Lipinski definition) is 5. The molecular weight excluding hydrogens is 394 g/mol. The molecule has 0 radical (unpaired) electrons. The van der Waals surface area contributed by atoms with Gasteiger partial charge in [-0.1, -0.05) is 25.8 Å². The Kier molecular flexibility index (Phi) is 8.14. The van der Waals surface area contributed by atoms with Gasteiger partial charge in [0.05, 0.1) is 22.8 Å². The van der Waals surface area contributed by atoms with Crippen molar-refractivity contribution >= 4 is 17.0 Å². The van der Waals surface area contributed by atoms with Crippen LogP contribution in [-0.2, 0) is 6.54 Å². The molecule has 0 spiro atoms. The Labute approximate surface area is 184 Å². The predicted octanol–water partition coefficient (Wildman–Crippen LogP) is 6.04. The predicted molar refractivity (Wildman–Crippen MR) is 123 cm³/mol. The Morgan fingerprint density at radius 2 is 1.81 bits per heavy atom. The molecule has 0 saturated heterocycles. The maximum atomic E-state index is 13.7. The summed E-state index contributed by atoms with van der Waals surface area (Å²) in [6, 6.07) is 2.97. The molecule has 0 N–H and O–H groups in total. The van der Waals surface area contributed by atoms with E-state index in [1.54, 1.807) is 24.6 Å². The van der Waals surface area contributed by atoms with Crippen LogP contribution in [0.3, 0.4) is 0 Å². The van der Waals surface area contributed by atoms with Gasteiger partial charge in [-0.05, 0) is 64.7 Å². The second-order valence-electron chi connectivity index (χ2n) is 8.03. The fourth-order valence-electron chi connectivity index (χ4n) is 3.58. The largest absolute Gasteiger partial charge is 0.477 e. The Hall–Kier alpha value is -2.96. The smallest absolute Gasteiger partial charge is 0.277 e. The number of ether oxygens (including phenoxy) is 1. The van der Waals surface area contributed by atoms with Gasteiger partial charge in [0.25, 0.3) is 5.69 Å². The fraction of sp³-hybridized carbons (Fsp3) is 0.500. The maximum absolute atomic E-state index is 13.7. The van der Waals surface area contributed by atoms with Crippen LogP contribution in [0, 0.1) is 24.0 Å². The lowest BCUT2D eigenvalue weighted by molar-refractivity contribution is -0.385. The molecule has 2 rings (SSSR count). The van der Waals surface area contributed by atoms with Gasteiger partial charge in [0.15, 0.2) is 0 Å².